The standard InChI is InChI=1S/C9H8BrClF3N/c10-6-3-5(1-2-7(6)11)8(15)4-9(12,13)14/h1-3,8H,4,15H2/t8-/m0/s1. The van der Waals surface area contributed by atoms with Crippen molar-refractivity contribution in [2.75, 3.05) is 0 Å². The molecule has 0 heterocycles. The lowest BCUT2D eigenvalue weighted by Crippen LogP contribution is -2.20. The van der Waals surface area contributed by atoms with Gasteiger partial charge in [-0.25, -0.2) is 0 Å². The quantitative estimate of drug-likeness (QED) is 0.876. The predicted molar refractivity (Wildman–Crippen MR) is 56.8 cm³/mol. The van der Waals surface area contributed by atoms with E-state index >= 15 is 0 Å². The van der Waals surface area contributed by atoms with Gasteiger partial charge >= 0.3 is 6.18 Å². The van der Waals surface area contributed by atoms with Gasteiger partial charge in [-0.05, 0) is 33.6 Å². The van der Waals surface area contributed by atoms with Gasteiger partial charge in [-0.2, -0.15) is 13.2 Å². The summed E-state index contributed by atoms with van der Waals surface area (Å²) in [6.07, 6.45) is -5.30. The number of nitrogens with two attached hydrogens (primary N) is 1. The summed E-state index contributed by atoms with van der Waals surface area (Å²) in [4.78, 5) is 0. The predicted octanol–water partition coefficient (Wildman–Crippen LogP) is 4.05. The first-order valence-electron chi connectivity index (χ1n) is 4.07. The maximum absolute atomic E-state index is 12.1. The molecule has 0 saturated heterocycles. The first-order chi connectivity index (χ1) is 6.79. The molecule has 0 aliphatic rings. The molecule has 1 nitrogen and oxygen atoms in total. The molecule has 0 aromatic heterocycles. The summed E-state index contributed by atoms with van der Waals surface area (Å²) in [5.41, 5.74) is 5.82. The van der Waals surface area contributed by atoms with Crippen LogP contribution in [0.5, 0.6) is 0 Å². The normalized spacial score (nSPS) is 14.0. The second-order valence-electron chi connectivity index (χ2n) is 3.10. The summed E-state index contributed by atoms with van der Waals surface area (Å²) in [5.74, 6) is 0. The van der Waals surface area contributed by atoms with Gasteiger partial charge in [0.2, 0.25) is 0 Å². The Morgan fingerprint density at radius 3 is 2.47 bits per heavy atom. The SMILES string of the molecule is N[C@@H](CC(F)(F)F)c1ccc(Cl)c(Br)c1. The van der Waals surface area contributed by atoms with Crippen molar-refractivity contribution in [2.45, 2.75) is 18.6 Å². The maximum Gasteiger partial charge on any atom is 0.390 e. The van der Waals surface area contributed by atoms with Crippen LogP contribution in [-0.4, -0.2) is 6.18 Å². The Morgan fingerprint density at radius 1 is 1.40 bits per heavy atom. The van der Waals surface area contributed by atoms with Gasteiger partial charge in [0.15, 0.2) is 0 Å². The smallest absolute Gasteiger partial charge is 0.324 e. The van der Waals surface area contributed by atoms with Crippen LogP contribution in [0.15, 0.2) is 22.7 Å². The van der Waals surface area contributed by atoms with Crippen molar-refractivity contribution < 1.29 is 13.2 Å². The van der Waals surface area contributed by atoms with E-state index in [4.69, 9.17) is 17.3 Å². The van der Waals surface area contributed by atoms with E-state index in [2.05, 4.69) is 15.9 Å². The molecule has 1 aromatic carbocycles. The van der Waals surface area contributed by atoms with Gasteiger partial charge < -0.3 is 5.73 Å². The lowest BCUT2D eigenvalue weighted by molar-refractivity contribution is -0.138. The fourth-order valence-corrected chi connectivity index (χ4v) is 1.62. The van der Waals surface area contributed by atoms with Gasteiger partial charge in [0.05, 0.1) is 11.4 Å². The molecule has 84 valence electrons. The molecular weight excluding hydrogens is 294 g/mol. The van der Waals surface area contributed by atoms with Crippen molar-refractivity contribution in [2.24, 2.45) is 5.73 Å². The zero-order valence-electron chi connectivity index (χ0n) is 7.48. The second kappa shape index (κ2) is 4.72. The molecule has 0 fully saturated rings. The molecule has 0 unspecified atom stereocenters. The fourth-order valence-electron chi connectivity index (χ4n) is 1.11. The molecule has 0 aliphatic carbocycles. The van der Waals surface area contributed by atoms with E-state index in [1.54, 1.807) is 0 Å². The first-order valence-corrected chi connectivity index (χ1v) is 5.24. The van der Waals surface area contributed by atoms with Crippen molar-refractivity contribution in [1.29, 1.82) is 0 Å². The van der Waals surface area contributed by atoms with Gasteiger partial charge in [-0.15, -0.1) is 0 Å². The summed E-state index contributed by atoms with van der Waals surface area (Å²) in [7, 11) is 0. The van der Waals surface area contributed by atoms with Crippen LogP contribution in [0.2, 0.25) is 5.02 Å². The van der Waals surface area contributed by atoms with Gasteiger partial charge in [0.1, 0.15) is 0 Å². The van der Waals surface area contributed by atoms with E-state index in [-0.39, 0.29) is 0 Å². The van der Waals surface area contributed by atoms with E-state index in [9.17, 15) is 13.2 Å². The molecule has 6 heteroatoms. The Kier molecular flexibility index (Phi) is 4.03. The van der Waals surface area contributed by atoms with Crippen LogP contribution in [0.4, 0.5) is 13.2 Å². The summed E-state index contributed by atoms with van der Waals surface area (Å²) in [6.45, 7) is 0. The molecule has 0 spiro atoms. The summed E-state index contributed by atoms with van der Waals surface area (Å²) in [5, 5.41) is 0.443. The third kappa shape index (κ3) is 4.01. The lowest BCUT2D eigenvalue weighted by Gasteiger charge is -2.14. The minimum atomic E-state index is -4.26. The van der Waals surface area contributed by atoms with Crippen molar-refractivity contribution in [1.82, 2.24) is 0 Å². The van der Waals surface area contributed by atoms with E-state index in [1.807, 2.05) is 0 Å². The van der Waals surface area contributed by atoms with E-state index in [1.165, 1.54) is 18.2 Å². The number of halogens is 5. The molecule has 0 amide bonds. The molecule has 1 rings (SSSR count). The van der Waals surface area contributed by atoms with Gasteiger partial charge in [0, 0.05) is 10.5 Å². The van der Waals surface area contributed by atoms with Gasteiger partial charge in [-0.1, -0.05) is 17.7 Å². The first kappa shape index (κ1) is 12.8. The molecule has 1 atom stereocenters. The summed E-state index contributed by atoms with van der Waals surface area (Å²) >= 11 is 8.83. The minimum Gasteiger partial charge on any atom is -0.324 e. The lowest BCUT2D eigenvalue weighted by atomic mass is 10.0. The van der Waals surface area contributed by atoms with Crippen LogP contribution in [0.1, 0.15) is 18.0 Å². The van der Waals surface area contributed by atoms with Crippen LogP contribution >= 0.6 is 27.5 Å². The summed E-state index contributed by atoms with van der Waals surface area (Å²) in [6, 6.07) is 3.44. The van der Waals surface area contributed by atoms with Crippen molar-refractivity contribution in [3.05, 3.63) is 33.3 Å². The third-order valence-electron chi connectivity index (χ3n) is 1.82. The Bertz CT molecular complexity index is 354. The van der Waals surface area contributed by atoms with E-state index < -0.39 is 18.6 Å². The fraction of sp³-hybridized carbons (Fsp3) is 0.333. The number of hydrogen-bond donors (Lipinski definition) is 1. The molecule has 2 N–H and O–H groups in total. The largest absolute Gasteiger partial charge is 0.390 e. The molecule has 15 heavy (non-hydrogen) atoms. The molecule has 1 aromatic rings. The second-order valence-corrected chi connectivity index (χ2v) is 4.36. The van der Waals surface area contributed by atoms with Crippen LogP contribution < -0.4 is 5.73 Å². The van der Waals surface area contributed by atoms with Crippen molar-refractivity contribution >= 4 is 27.5 Å². The van der Waals surface area contributed by atoms with Gasteiger partial charge in [-0.3, -0.25) is 0 Å². The number of alkyl halides is 3. The van der Waals surface area contributed by atoms with Crippen LogP contribution in [0.3, 0.4) is 0 Å². The van der Waals surface area contributed by atoms with Crippen molar-refractivity contribution in [3.63, 3.8) is 0 Å². The Labute approximate surface area is 98.5 Å². The third-order valence-corrected chi connectivity index (χ3v) is 3.04. The summed E-state index contributed by atoms with van der Waals surface area (Å²) < 4.78 is 36.7. The molecule has 0 saturated carbocycles. The average molecular weight is 303 g/mol. The van der Waals surface area contributed by atoms with Crippen LogP contribution in [0.25, 0.3) is 0 Å². The number of benzene rings is 1. The number of rotatable bonds is 2. The Balaban J connectivity index is 2.83. The molecule has 0 aliphatic heterocycles. The zero-order chi connectivity index (χ0) is 11.6. The molecule has 0 radical (unpaired) electrons. The Morgan fingerprint density at radius 2 is 2.00 bits per heavy atom. The monoisotopic (exact) mass is 301 g/mol. The van der Waals surface area contributed by atoms with E-state index in [0.717, 1.165) is 0 Å². The average Bonchev–Trinajstić information content (AvgIpc) is 2.06. The highest BCUT2D eigenvalue weighted by molar-refractivity contribution is 9.10. The minimum absolute atomic E-state index is 0.406. The maximum atomic E-state index is 12.1. The van der Waals surface area contributed by atoms with Gasteiger partial charge in [0.25, 0.3) is 0 Å². The topological polar surface area (TPSA) is 26.0 Å². The highest BCUT2D eigenvalue weighted by Crippen LogP contribution is 2.31. The van der Waals surface area contributed by atoms with E-state index in [0.29, 0.717) is 15.1 Å². The highest BCUT2D eigenvalue weighted by Gasteiger charge is 2.30. The van der Waals surface area contributed by atoms with Crippen LogP contribution in [-0.2, 0) is 0 Å². The van der Waals surface area contributed by atoms with Crippen molar-refractivity contribution in [3.8, 4) is 0 Å². The zero-order valence-corrected chi connectivity index (χ0v) is 9.83. The highest BCUT2D eigenvalue weighted by atomic mass is 79.9. The molecular formula is C9H8BrClF3N. The Hall–Kier alpha value is -0.260. The number of hydrogen-bond acceptors (Lipinski definition) is 1. The van der Waals surface area contributed by atoms with Crippen LogP contribution in [0, 0.1) is 0 Å². The molecule has 0 bridgehead atoms.